The largest absolute Gasteiger partial charge is 0.423 e. The Morgan fingerprint density at radius 3 is 2.08 bits per heavy atom. The molecule has 2 aromatic rings. The maximum atomic E-state index is 13.3. The number of carbonyl (C=O) groups excluding carboxylic acids is 1. The minimum Gasteiger partial charge on any atom is -0.375 e. The summed E-state index contributed by atoms with van der Waals surface area (Å²) in [6.07, 6.45) is -3.52. The predicted octanol–water partition coefficient (Wildman–Crippen LogP) is 3.37. The molecule has 0 radical (unpaired) electrons. The number of hydrogen-bond donors (Lipinski definition) is 3. The molecular formula is C19H21F3N2O2. The predicted molar refractivity (Wildman–Crippen MR) is 92.6 cm³/mol. The average molecular weight is 366 g/mol. The van der Waals surface area contributed by atoms with Gasteiger partial charge in [0.1, 0.15) is 0 Å². The van der Waals surface area contributed by atoms with Crippen LogP contribution >= 0.6 is 0 Å². The summed E-state index contributed by atoms with van der Waals surface area (Å²) in [6.45, 7) is -0.651. The number of rotatable bonds is 7. The lowest BCUT2D eigenvalue weighted by atomic mass is 9.93. The van der Waals surface area contributed by atoms with Crippen molar-refractivity contribution >= 4 is 6.03 Å². The van der Waals surface area contributed by atoms with Crippen LogP contribution in [-0.2, 0) is 12.0 Å². The Morgan fingerprint density at radius 2 is 1.50 bits per heavy atom. The summed E-state index contributed by atoms with van der Waals surface area (Å²) in [5.74, 6) is 0. The summed E-state index contributed by atoms with van der Waals surface area (Å²) in [4.78, 5) is 11.8. The number of hydrogen-bond acceptors (Lipinski definition) is 2. The normalized spacial score (nSPS) is 13.7. The lowest BCUT2D eigenvalue weighted by molar-refractivity contribution is -0.263. The number of amides is 2. The highest BCUT2D eigenvalue weighted by Gasteiger charge is 2.55. The maximum Gasteiger partial charge on any atom is 0.423 e. The molecule has 1 unspecified atom stereocenters. The summed E-state index contributed by atoms with van der Waals surface area (Å²) in [7, 11) is 0. The highest BCUT2D eigenvalue weighted by Crippen LogP contribution is 2.38. The standard InChI is InChI=1S/C19H21F3N2O2/c20-19(21,22)18(26,16-11-5-2-6-12-16)14-24-17(25)23-13-7-10-15-8-3-1-4-9-15/h1-6,8-9,11-12,26H,7,10,13-14H2,(H2,23,24,25). The fourth-order valence-corrected chi connectivity index (χ4v) is 2.49. The van der Waals surface area contributed by atoms with Crippen LogP contribution in [0.25, 0.3) is 0 Å². The van der Waals surface area contributed by atoms with E-state index in [1.165, 1.54) is 24.3 Å². The quantitative estimate of drug-likeness (QED) is 0.658. The molecule has 2 aromatic carbocycles. The van der Waals surface area contributed by atoms with Crippen molar-refractivity contribution in [1.82, 2.24) is 10.6 Å². The molecule has 4 nitrogen and oxygen atoms in total. The Balaban J connectivity index is 1.84. The zero-order chi connectivity index (χ0) is 19.0. The summed E-state index contributed by atoms with van der Waals surface area (Å²) < 4.78 is 39.9. The van der Waals surface area contributed by atoms with E-state index in [4.69, 9.17) is 0 Å². The molecular weight excluding hydrogens is 345 g/mol. The van der Waals surface area contributed by atoms with E-state index in [1.807, 2.05) is 30.3 Å². The van der Waals surface area contributed by atoms with Crippen molar-refractivity contribution in [2.24, 2.45) is 0 Å². The number of halogens is 3. The molecule has 2 amide bonds. The zero-order valence-electron chi connectivity index (χ0n) is 14.1. The first-order valence-corrected chi connectivity index (χ1v) is 8.23. The van der Waals surface area contributed by atoms with Crippen molar-refractivity contribution in [2.75, 3.05) is 13.1 Å². The van der Waals surface area contributed by atoms with Crippen LogP contribution in [0.2, 0.25) is 0 Å². The van der Waals surface area contributed by atoms with Crippen molar-refractivity contribution in [1.29, 1.82) is 0 Å². The molecule has 0 spiro atoms. The van der Waals surface area contributed by atoms with E-state index < -0.39 is 24.4 Å². The van der Waals surface area contributed by atoms with Crippen molar-refractivity contribution in [3.8, 4) is 0 Å². The first kappa shape index (κ1) is 19.8. The van der Waals surface area contributed by atoms with Gasteiger partial charge in [0.25, 0.3) is 0 Å². The van der Waals surface area contributed by atoms with E-state index >= 15 is 0 Å². The summed E-state index contributed by atoms with van der Waals surface area (Å²) >= 11 is 0. The van der Waals surface area contributed by atoms with E-state index in [9.17, 15) is 23.1 Å². The minimum absolute atomic E-state index is 0.316. The molecule has 3 N–H and O–H groups in total. The Morgan fingerprint density at radius 1 is 0.923 bits per heavy atom. The Labute approximate surface area is 150 Å². The molecule has 0 aliphatic heterocycles. The minimum atomic E-state index is -4.92. The number of aryl methyl sites for hydroxylation is 1. The fourth-order valence-electron chi connectivity index (χ4n) is 2.49. The monoisotopic (exact) mass is 366 g/mol. The van der Waals surface area contributed by atoms with E-state index in [1.54, 1.807) is 6.07 Å². The molecule has 0 saturated carbocycles. The second-order valence-electron chi connectivity index (χ2n) is 5.92. The lowest BCUT2D eigenvalue weighted by Crippen LogP contribution is -2.52. The molecule has 1 atom stereocenters. The van der Waals surface area contributed by atoms with Gasteiger partial charge in [-0.1, -0.05) is 60.7 Å². The molecule has 0 aliphatic carbocycles. The van der Waals surface area contributed by atoms with Crippen LogP contribution < -0.4 is 10.6 Å². The molecule has 0 saturated heterocycles. The number of aliphatic hydroxyl groups is 1. The second kappa shape index (κ2) is 8.71. The van der Waals surface area contributed by atoms with Gasteiger partial charge in [-0.3, -0.25) is 0 Å². The number of benzene rings is 2. The maximum absolute atomic E-state index is 13.3. The number of urea groups is 1. The van der Waals surface area contributed by atoms with Crippen molar-refractivity contribution in [3.63, 3.8) is 0 Å². The van der Waals surface area contributed by atoms with Gasteiger partial charge in [0, 0.05) is 6.54 Å². The van der Waals surface area contributed by atoms with Crippen molar-refractivity contribution < 1.29 is 23.1 Å². The topological polar surface area (TPSA) is 61.4 Å². The highest BCUT2D eigenvalue weighted by atomic mass is 19.4. The Kier molecular flexibility index (Phi) is 6.63. The fraction of sp³-hybridized carbons (Fsp3) is 0.316. The van der Waals surface area contributed by atoms with Crippen LogP contribution in [0.5, 0.6) is 0 Å². The molecule has 0 aromatic heterocycles. The second-order valence-corrected chi connectivity index (χ2v) is 5.92. The molecule has 140 valence electrons. The van der Waals surface area contributed by atoms with Gasteiger partial charge in [-0.2, -0.15) is 13.2 Å². The molecule has 0 heterocycles. The number of nitrogens with one attached hydrogen (secondary N) is 2. The molecule has 7 heteroatoms. The first-order valence-electron chi connectivity index (χ1n) is 8.23. The van der Waals surface area contributed by atoms with Crippen LogP contribution in [0.4, 0.5) is 18.0 Å². The van der Waals surface area contributed by atoms with E-state index in [2.05, 4.69) is 10.6 Å². The molecule has 0 aliphatic rings. The molecule has 2 rings (SSSR count). The highest BCUT2D eigenvalue weighted by molar-refractivity contribution is 5.73. The van der Waals surface area contributed by atoms with Gasteiger partial charge >= 0.3 is 12.2 Å². The smallest absolute Gasteiger partial charge is 0.375 e. The van der Waals surface area contributed by atoms with Crippen LogP contribution in [0.3, 0.4) is 0 Å². The van der Waals surface area contributed by atoms with Crippen LogP contribution in [0.15, 0.2) is 60.7 Å². The summed E-state index contributed by atoms with van der Waals surface area (Å²) in [6, 6.07) is 15.6. The van der Waals surface area contributed by atoms with Gasteiger partial charge in [0.15, 0.2) is 0 Å². The number of carbonyl (C=O) groups is 1. The van der Waals surface area contributed by atoms with Gasteiger partial charge in [0.2, 0.25) is 5.60 Å². The van der Waals surface area contributed by atoms with Crippen LogP contribution in [0, 0.1) is 0 Å². The van der Waals surface area contributed by atoms with E-state index in [-0.39, 0.29) is 5.56 Å². The SMILES string of the molecule is O=C(NCCCc1ccccc1)NCC(O)(c1ccccc1)C(F)(F)F. The first-order chi connectivity index (χ1) is 12.3. The Hall–Kier alpha value is -2.54. The third-order valence-corrected chi connectivity index (χ3v) is 4.00. The van der Waals surface area contributed by atoms with Crippen molar-refractivity contribution in [3.05, 3.63) is 71.8 Å². The molecule has 26 heavy (non-hydrogen) atoms. The molecule has 0 bridgehead atoms. The third kappa shape index (κ3) is 5.23. The average Bonchev–Trinajstić information content (AvgIpc) is 2.64. The third-order valence-electron chi connectivity index (χ3n) is 4.00. The van der Waals surface area contributed by atoms with Gasteiger partial charge in [-0.05, 0) is 24.0 Å². The lowest BCUT2D eigenvalue weighted by Gasteiger charge is -2.31. The van der Waals surface area contributed by atoms with Gasteiger partial charge < -0.3 is 15.7 Å². The van der Waals surface area contributed by atoms with Crippen LogP contribution in [-0.4, -0.2) is 30.4 Å². The van der Waals surface area contributed by atoms with Gasteiger partial charge in [-0.25, -0.2) is 4.79 Å². The zero-order valence-corrected chi connectivity index (χ0v) is 14.1. The molecule has 0 fully saturated rings. The van der Waals surface area contributed by atoms with Gasteiger partial charge in [0.05, 0.1) is 6.54 Å². The summed E-state index contributed by atoms with van der Waals surface area (Å²) in [5, 5.41) is 14.7. The van der Waals surface area contributed by atoms with Crippen molar-refractivity contribution in [2.45, 2.75) is 24.6 Å². The van der Waals surface area contributed by atoms with E-state index in [0.29, 0.717) is 13.0 Å². The van der Waals surface area contributed by atoms with Gasteiger partial charge in [-0.15, -0.1) is 0 Å². The number of alkyl halides is 3. The Bertz CT molecular complexity index is 693. The van der Waals surface area contributed by atoms with Crippen LogP contribution in [0.1, 0.15) is 17.5 Å². The van der Waals surface area contributed by atoms with E-state index in [0.717, 1.165) is 12.0 Å². The summed E-state index contributed by atoms with van der Waals surface area (Å²) in [5.41, 5.74) is -2.35.